The lowest BCUT2D eigenvalue weighted by Crippen LogP contribution is -2.41. The van der Waals surface area contributed by atoms with Crippen LogP contribution in [0.5, 0.6) is 0 Å². The summed E-state index contributed by atoms with van der Waals surface area (Å²) in [5.74, 6) is -0.695. The lowest BCUT2D eigenvalue weighted by atomic mass is 9.97. The van der Waals surface area contributed by atoms with E-state index in [-0.39, 0.29) is 12.5 Å². The van der Waals surface area contributed by atoms with E-state index < -0.39 is 18.1 Å². The van der Waals surface area contributed by atoms with Crippen LogP contribution in [0.2, 0.25) is 0 Å². The van der Waals surface area contributed by atoms with Crippen molar-refractivity contribution in [3.05, 3.63) is 34.9 Å². The highest BCUT2D eigenvalue weighted by Crippen LogP contribution is 2.23. The summed E-state index contributed by atoms with van der Waals surface area (Å²) < 4.78 is 10.5. The molecule has 0 aromatic heterocycles. The van der Waals surface area contributed by atoms with Gasteiger partial charge < -0.3 is 14.8 Å². The van der Waals surface area contributed by atoms with Crippen molar-refractivity contribution < 1.29 is 19.1 Å². The Bertz CT molecular complexity index is 550. The Balaban J connectivity index is 2.24. The lowest BCUT2D eigenvalue weighted by molar-refractivity contribution is -0.148. The normalized spacial score (nSPS) is 18.8. The van der Waals surface area contributed by atoms with E-state index in [0.717, 1.165) is 23.1 Å². The minimum atomic E-state index is -0.795. The monoisotopic (exact) mass is 305 g/mol. The predicted molar refractivity (Wildman–Crippen MR) is 82.4 cm³/mol. The van der Waals surface area contributed by atoms with Gasteiger partial charge in [0.1, 0.15) is 6.10 Å². The minimum absolute atomic E-state index is 0.253. The van der Waals surface area contributed by atoms with Gasteiger partial charge in [-0.15, -0.1) is 0 Å². The third-order valence-corrected chi connectivity index (χ3v) is 3.99. The second-order valence-electron chi connectivity index (χ2n) is 5.48. The Morgan fingerprint density at radius 3 is 2.82 bits per heavy atom. The Kier molecular flexibility index (Phi) is 5.55. The molecule has 1 aromatic rings. The van der Waals surface area contributed by atoms with E-state index >= 15 is 0 Å². The van der Waals surface area contributed by atoms with Crippen molar-refractivity contribution in [2.24, 2.45) is 0 Å². The molecule has 1 fully saturated rings. The smallest absolute Gasteiger partial charge is 0.333 e. The lowest BCUT2D eigenvalue weighted by Gasteiger charge is -2.22. The highest BCUT2D eigenvalue weighted by Gasteiger charge is 2.30. The molecule has 1 N–H and O–H groups in total. The maximum absolute atomic E-state index is 12.3. The zero-order valence-electron chi connectivity index (χ0n) is 13.3. The largest absolute Gasteiger partial charge is 0.464 e. The van der Waals surface area contributed by atoms with Crippen LogP contribution in [-0.2, 0) is 19.1 Å². The molecule has 0 unspecified atom stereocenters. The zero-order valence-corrected chi connectivity index (χ0v) is 13.3. The molecule has 1 aliphatic rings. The van der Waals surface area contributed by atoms with Crippen molar-refractivity contribution in [2.45, 2.75) is 45.8 Å². The fourth-order valence-corrected chi connectivity index (χ4v) is 2.60. The molecule has 0 aliphatic carbocycles. The summed E-state index contributed by atoms with van der Waals surface area (Å²) in [6, 6.07) is 4.90. The fourth-order valence-electron chi connectivity index (χ4n) is 2.60. The van der Waals surface area contributed by atoms with Crippen molar-refractivity contribution >= 4 is 11.9 Å². The van der Waals surface area contributed by atoms with Crippen LogP contribution in [0.3, 0.4) is 0 Å². The van der Waals surface area contributed by atoms with Gasteiger partial charge in [0.25, 0.3) is 0 Å². The number of benzene rings is 1. The van der Waals surface area contributed by atoms with Gasteiger partial charge in [0.2, 0.25) is 5.91 Å². The highest BCUT2D eigenvalue weighted by molar-refractivity contribution is 5.88. The van der Waals surface area contributed by atoms with Crippen LogP contribution in [0, 0.1) is 13.8 Å². The van der Waals surface area contributed by atoms with Crippen LogP contribution in [0.1, 0.15) is 42.5 Å². The Morgan fingerprint density at radius 2 is 2.18 bits per heavy atom. The van der Waals surface area contributed by atoms with E-state index in [4.69, 9.17) is 9.47 Å². The standard InChI is InChI=1S/C17H23NO4/c1-4-21-17(20)15(13-8-5-7-11(2)12(13)3)18-16(19)14-9-6-10-22-14/h5,7-8,14-15H,4,6,9-10H2,1-3H3,(H,18,19)/t14-,15-/m1/s1. The average molecular weight is 305 g/mol. The van der Waals surface area contributed by atoms with E-state index in [0.29, 0.717) is 13.0 Å². The van der Waals surface area contributed by atoms with Crippen molar-refractivity contribution in [2.75, 3.05) is 13.2 Å². The van der Waals surface area contributed by atoms with Gasteiger partial charge >= 0.3 is 5.97 Å². The summed E-state index contributed by atoms with van der Waals surface area (Å²) >= 11 is 0. The van der Waals surface area contributed by atoms with Gasteiger partial charge in [-0.1, -0.05) is 18.2 Å². The van der Waals surface area contributed by atoms with Crippen LogP contribution in [-0.4, -0.2) is 31.2 Å². The number of nitrogens with one attached hydrogen (secondary N) is 1. The Labute approximate surface area is 131 Å². The number of esters is 1. The Hall–Kier alpha value is -1.88. The van der Waals surface area contributed by atoms with Gasteiger partial charge in [-0.05, 0) is 50.3 Å². The summed E-state index contributed by atoms with van der Waals surface area (Å²) in [5, 5.41) is 2.79. The summed E-state index contributed by atoms with van der Waals surface area (Å²) in [7, 11) is 0. The van der Waals surface area contributed by atoms with Gasteiger partial charge in [-0.3, -0.25) is 4.79 Å². The molecule has 0 saturated carbocycles. The number of aryl methyl sites for hydroxylation is 1. The van der Waals surface area contributed by atoms with E-state index in [1.165, 1.54) is 0 Å². The molecule has 0 spiro atoms. The maximum atomic E-state index is 12.3. The number of amides is 1. The number of hydrogen-bond donors (Lipinski definition) is 1. The summed E-state index contributed by atoms with van der Waals surface area (Å²) in [5.41, 5.74) is 2.82. The first-order chi connectivity index (χ1) is 10.5. The fraction of sp³-hybridized carbons (Fsp3) is 0.529. The molecule has 1 aliphatic heterocycles. The third-order valence-electron chi connectivity index (χ3n) is 3.99. The van der Waals surface area contributed by atoms with Gasteiger partial charge in [0.15, 0.2) is 6.04 Å². The molecule has 2 rings (SSSR count). The molecule has 1 aromatic carbocycles. The molecule has 1 heterocycles. The number of ether oxygens (including phenoxy) is 2. The van der Waals surface area contributed by atoms with E-state index in [1.807, 2.05) is 32.0 Å². The number of rotatable bonds is 5. The van der Waals surface area contributed by atoms with Crippen LogP contribution in [0.15, 0.2) is 18.2 Å². The molecule has 2 atom stereocenters. The number of carbonyl (C=O) groups excluding carboxylic acids is 2. The molecule has 5 heteroatoms. The summed E-state index contributed by atoms with van der Waals surface area (Å²) in [6.07, 6.45) is 1.09. The minimum Gasteiger partial charge on any atom is -0.464 e. The molecule has 1 saturated heterocycles. The first-order valence-corrected chi connectivity index (χ1v) is 7.69. The summed E-state index contributed by atoms with van der Waals surface area (Å²) in [4.78, 5) is 24.6. The average Bonchev–Trinajstić information content (AvgIpc) is 3.02. The van der Waals surface area contributed by atoms with E-state index in [1.54, 1.807) is 6.92 Å². The van der Waals surface area contributed by atoms with Crippen LogP contribution in [0.4, 0.5) is 0 Å². The van der Waals surface area contributed by atoms with Crippen molar-refractivity contribution in [1.29, 1.82) is 0 Å². The van der Waals surface area contributed by atoms with Crippen molar-refractivity contribution in [3.63, 3.8) is 0 Å². The van der Waals surface area contributed by atoms with E-state index in [2.05, 4.69) is 5.32 Å². The molecule has 0 bridgehead atoms. The first kappa shape index (κ1) is 16.5. The maximum Gasteiger partial charge on any atom is 0.333 e. The molecule has 0 radical (unpaired) electrons. The van der Waals surface area contributed by atoms with Gasteiger partial charge in [0.05, 0.1) is 6.61 Å². The molecule has 5 nitrogen and oxygen atoms in total. The second-order valence-corrected chi connectivity index (χ2v) is 5.48. The Morgan fingerprint density at radius 1 is 1.41 bits per heavy atom. The highest BCUT2D eigenvalue weighted by atomic mass is 16.5. The van der Waals surface area contributed by atoms with Gasteiger partial charge in [0, 0.05) is 6.61 Å². The second kappa shape index (κ2) is 7.40. The molecule has 120 valence electrons. The van der Waals surface area contributed by atoms with Crippen LogP contribution < -0.4 is 5.32 Å². The first-order valence-electron chi connectivity index (χ1n) is 7.69. The van der Waals surface area contributed by atoms with E-state index in [9.17, 15) is 9.59 Å². The van der Waals surface area contributed by atoms with Gasteiger partial charge in [-0.25, -0.2) is 4.79 Å². The topological polar surface area (TPSA) is 64.6 Å². The van der Waals surface area contributed by atoms with Crippen molar-refractivity contribution in [3.8, 4) is 0 Å². The third kappa shape index (κ3) is 3.65. The number of hydrogen-bond acceptors (Lipinski definition) is 4. The molecule has 1 amide bonds. The van der Waals surface area contributed by atoms with Crippen molar-refractivity contribution in [1.82, 2.24) is 5.32 Å². The van der Waals surface area contributed by atoms with Crippen LogP contribution in [0.25, 0.3) is 0 Å². The quantitative estimate of drug-likeness (QED) is 0.847. The molecule has 22 heavy (non-hydrogen) atoms. The molecular formula is C17H23NO4. The number of carbonyl (C=O) groups is 2. The van der Waals surface area contributed by atoms with Gasteiger partial charge in [-0.2, -0.15) is 0 Å². The predicted octanol–water partition coefficient (Wildman–Crippen LogP) is 2.20. The SMILES string of the molecule is CCOC(=O)[C@H](NC(=O)[C@H]1CCCO1)c1cccc(C)c1C. The van der Waals surface area contributed by atoms with Crippen LogP contribution >= 0.6 is 0 Å². The molecular weight excluding hydrogens is 282 g/mol. The zero-order chi connectivity index (χ0) is 16.1. The summed E-state index contributed by atoms with van der Waals surface area (Å²) in [6.45, 7) is 6.53.